The predicted octanol–water partition coefficient (Wildman–Crippen LogP) is 4.25. The van der Waals surface area contributed by atoms with Crippen LogP contribution in [0.4, 0.5) is 11.4 Å². The van der Waals surface area contributed by atoms with Gasteiger partial charge in [0.05, 0.1) is 11.3 Å². The predicted molar refractivity (Wildman–Crippen MR) is 111 cm³/mol. The highest BCUT2D eigenvalue weighted by Crippen LogP contribution is 2.35. The van der Waals surface area contributed by atoms with Gasteiger partial charge < -0.3 is 5.32 Å². The molecule has 0 spiro atoms. The van der Waals surface area contributed by atoms with Gasteiger partial charge in [-0.05, 0) is 61.0 Å². The quantitative estimate of drug-likeness (QED) is 0.678. The van der Waals surface area contributed by atoms with Gasteiger partial charge in [-0.15, -0.1) is 0 Å². The summed E-state index contributed by atoms with van der Waals surface area (Å²) < 4.78 is 26.7. The summed E-state index contributed by atoms with van der Waals surface area (Å²) in [6, 6.07) is 17.2. The molecule has 1 heterocycles. The zero-order chi connectivity index (χ0) is 20.8. The molecule has 0 saturated heterocycles. The largest absolute Gasteiger partial charge is 0.322 e. The van der Waals surface area contributed by atoms with Crippen LogP contribution in [0.5, 0.6) is 0 Å². The average molecular weight is 427 g/mol. The molecular formula is C21H15ClN2O4S. The van der Waals surface area contributed by atoms with E-state index in [-0.39, 0.29) is 21.7 Å². The number of aryl methyl sites for hydroxylation is 1. The topological polar surface area (TPSA) is 83.6 Å². The lowest BCUT2D eigenvalue weighted by Gasteiger charge is -2.15. The van der Waals surface area contributed by atoms with Gasteiger partial charge in [0.25, 0.3) is 21.8 Å². The highest BCUT2D eigenvalue weighted by molar-refractivity contribution is 7.94. The van der Waals surface area contributed by atoms with E-state index in [1.807, 2.05) is 19.1 Å². The molecule has 0 bridgehead atoms. The molecule has 146 valence electrons. The average Bonchev–Trinajstić information content (AvgIpc) is 2.90. The Bertz CT molecular complexity index is 1250. The second kappa shape index (κ2) is 7.02. The van der Waals surface area contributed by atoms with Gasteiger partial charge in [0.15, 0.2) is 0 Å². The first-order chi connectivity index (χ1) is 13.8. The first-order valence-corrected chi connectivity index (χ1v) is 10.5. The number of amides is 2. The van der Waals surface area contributed by atoms with Gasteiger partial charge in [0.1, 0.15) is 4.90 Å². The number of carbonyl (C=O) groups excluding carboxylic acids is 2. The Balaban J connectivity index is 1.71. The van der Waals surface area contributed by atoms with Crippen molar-refractivity contribution in [3.05, 3.63) is 88.4 Å². The summed E-state index contributed by atoms with van der Waals surface area (Å²) in [6.07, 6.45) is 0. The Morgan fingerprint density at radius 2 is 1.69 bits per heavy atom. The molecule has 8 heteroatoms. The number of hydrogen-bond donors (Lipinski definition) is 1. The SMILES string of the molecule is Cc1ccccc1NC(=O)c1ccc2c(c1)S(=O)(=O)N(c1ccc(Cl)cc1)C2=O. The fourth-order valence-corrected chi connectivity index (χ4v) is 4.86. The monoisotopic (exact) mass is 426 g/mol. The molecule has 1 N–H and O–H groups in total. The normalized spacial score (nSPS) is 14.6. The van der Waals surface area contributed by atoms with Crippen LogP contribution in [0.3, 0.4) is 0 Å². The third-order valence-electron chi connectivity index (χ3n) is 4.63. The number of nitrogens with zero attached hydrogens (tertiary/aromatic N) is 1. The number of nitrogens with one attached hydrogen (secondary N) is 1. The van der Waals surface area contributed by atoms with Crippen molar-refractivity contribution >= 4 is 44.8 Å². The highest BCUT2D eigenvalue weighted by atomic mass is 35.5. The molecule has 29 heavy (non-hydrogen) atoms. The molecule has 2 amide bonds. The van der Waals surface area contributed by atoms with Gasteiger partial charge in [-0.25, -0.2) is 8.42 Å². The number of fused-ring (bicyclic) bond motifs is 1. The van der Waals surface area contributed by atoms with E-state index in [1.165, 1.54) is 42.5 Å². The summed E-state index contributed by atoms with van der Waals surface area (Å²) in [5.41, 5.74) is 1.84. The van der Waals surface area contributed by atoms with Crippen molar-refractivity contribution < 1.29 is 18.0 Å². The van der Waals surface area contributed by atoms with Crippen LogP contribution in [0, 0.1) is 6.92 Å². The molecule has 0 unspecified atom stereocenters. The molecule has 6 nitrogen and oxygen atoms in total. The maximum atomic E-state index is 13.0. The first-order valence-electron chi connectivity index (χ1n) is 8.65. The zero-order valence-corrected chi connectivity index (χ0v) is 16.8. The van der Waals surface area contributed by atoms with Crippen LogP contribution in [0.25, 0.3) is 0 Å². The van der Waals surface area contributed by atoms with Crippen molar-refractivity contribution in [1.82, 2.24) is 0 Å². The van der Waals surface area contributed by atoms with E-state index in [1.54, 1.807) is 12.1 Å². The van der Waals surface area contributed by atoms with Gasteiger partial charge in [-0.1, -0.05) is 29.8 Å². The molecule has 1 aliphatic rings. The third-order valence-corrected chi connectivity index (χ3v) is 6.63. The van der Waals surface area contributed by atoms with Gasteiger partial charge in [0.2, 0.25) is 0 Å². The maximum Gasteiger partial charge on any atom is 0.273 e. The van der Waals surface area contributed by atoms with Crippen LogP contribution in [0.2, 0.25) is 5.02 Å². The summed E-state index contributed by atoms with van der Waals surface area (Å²) in [5.74, 6) is -1.14. The van der Waals surface area contributed by atoms with Crippen LogP contribution in [0.15, 0.2) is 71.6 Å². The standard InChI is InChI=1S/C21H15ClN2O4S/c1-13-4-2-3-5-18(13)23-20(25)14-6-11-17-19(12-14)29(27,28)24(21(17)26)16-9-7-15(22)8-10-16/h2-12H,1H3,(H,23,25). The molecule has 3 aromatic carbocycles. The molecule has 1 aliphatic heterocycles. The fraction of sp³-hybridized carbons (Fsp3) is 0.0476. The summed E-state index contributed by atoms with van der Waals surface area (Å²) in [4.78, 5) is 25.2. The molecule has 0 fully saturated rings. The second-order valence-corrected chi connectivity index (χ2v) is 8.72. The lowest BCUT2D eigenvalue weighted by Crippen LogP contribution is -2.29. The van der Waals surface area contributed by atoms with E-state index >= 15 is 0 Å². The maximum absolute atomic E-state index is 13.0. The number of benzene rings is 3. The van der Waals surface area contributed by atoms with E-state index in [2.05, 4.69) is 5.32 Å². The molecular weight excluding hydrogens is 412 g/mol. The number of sulfonamides is 1. The van der Waals surface area contributed by atoms with Gasteiger partial charge in [-0.2, -0.15) is 4.31 Å². The molecule has 3 aromatic rings. The fourth-order valence-electron chi connectivity index (χ4n) is 3.11. The van der Waals surface area contributed by atoms with Crippen molar-refractivity contribution in [2.24, 2.45) is 0 Å². The molecule has 0 radical (unpaired) electrons. The van der Waals surface area contributed by atoms with E-state index in [0.717, 1.165) is 9.87 Å². The van der Waals surface area contributed by atoms with Gasteiger partial charge in [0, 0.05) is 16.3 Å². The number of hydrogen-bond acceptors (Lipinski definition) is 4. The van der Waals surface area contributed by atoms with E-state index in [0.29, 0.717) is 10.7 Å². The van der Waals surface area contributed by atoms with Crippen LogP contribution >= 0.6 is 11.6 Å². The second-order valence-electron chi connectivity index (χ2n) is 6.53. The molecule has 0 atom stereocenters. The van der Waals surface area contributed by atoms with Crippen molar-refractivity contribution in [3.63, 3.8) is 0 Å². The lowest BCUT2D eigenvalue weighted by molar-refractivity contribution is 0.100. The summed E-state index contributed by atoms with van der Waals surface area (Å²) in [6.45, 7) is 1.85. The van der Waals surface area contributed by atoms with Crippen LogP contribution in [0.1, 0.15) is 26.3 Å². The molecule has 4 rings (SSSR count). The Labute approximate surface area is 172 Å². The minimum absolute atomic E-state index is 0.0207. The summed E-state index contributed by atoms with van der Waals surface area (Å²) in [7, 11) is -4.14. The molecule has 0 aromatic heterocycles. The summed E-state index contributed by atoms with van der Waals surface area (Å²) in [5, 5.41) is 3.18. The van der Waals surface area contributed by atoms with Crippen LogP contribution < -0.4 is 9.62 Å². The number of rotatable bonds is 3. The van der Waals surface area contributed by atoms with Crippen molar-refractivity contribution in [3.8, 4) is 0 Å². The molecule has 0 aliphatic carbocycles. The Morgan fingerprint density at radius 3 is 2.38 bits per heavy atom. The van der Waals surface area contributed by atoms with E-state index in [4.69, 9.17) is 11.6 Å². The zero-order valence-electron chi connectivity index (χ0n) is 15.2. The van der Waals surface area contributed by atoms with Gasteiger partial charge >= 0.3 is 0 Å². The lowest BCUT2D eigenvalue weighted by atomic mass is 10.1. The third kappa shape index (κ3) is 3.28. The van der Waals surface area contributed by atoms with Crippen LogP contribution in [-0.2, 0) is 10.0 Å². The first kappa shape index (κ1) is 19.2. The number of anilines is 2. The number of para-hydroxylation sites is 1. The number of halogens is 1. The van der Waals surface area contributed by atoms with E-state index < -0.39 is 21.8 Å². The highest BCUT2D eigenvalue weighted by Gasteiger charge is 2.42. The Morgan fingerprint density at radius 1 is 1.00 bits per heavy atom. The van der Waals surface area contributed by atoms with Gasteiger partial charge in [-0.3, -0.25) is 9.59 Å². The smallest absolute Gasteiger partial charge is 0.273 e. The number of carbonyl (C=O) groups is 2. The molecule has 0 saturated carbocycles. The van der Waals surface area contributed by atoms with E-state index in [9.17, 15) is 18.0 Å². The van der Waals surface area contributed by atoms with Crippen molar-refractivity contribution in [2.45, 2.75) is 11.8 Å². The Kier molecular flexibility index (Phi) is 4.64. The Hall–Kier alpha value is -3.16. The van der Waals surface area contributed by atoms with Crippen molar-refractivity contribution in [1.29, 1.82) is 0 Å². The minimum Gasteiger partial charge on any atom is -0.322 e. The summed E-state index contributed by atoms with van der Waals surface area (Å²) >= 11 is 5.85. The minimum atomic E-state index is -4.14. The van der Waals surface area contributed by atoms with Crippen molar-refractivity contribution in [2.75, 3.05) is 9.62 Å². The van der Waals surface area contributed by atoms with Crippen LogP contribution in [-0.4, -0.2) is 20.2 Å².